The quantitative estimate of drug-likeness (QED) is 0.757. The molecule has 15 heavy (non-hydrogen) atoms. The Hall–Kier alpha value is -0.390. The first-order chi connectivity index (χ1) is 7.20. The molecule has 3 N–H and O–H groups in total. The molecule has 3 nitrogen and oxygen atoms in total. The van der Waals surface area contributed by atoms with Crippen molar-refractivity contribution in [3.8, 4) is 0 Å². The number of thiophene rings is 1. The van der Waals surface area contributed by atoms with Crippen LogP contribution in [0.2, 0.25) is 0 Å². The van der Waals surface area contributed by atoms with Gasteiger partial charge in [0.15, 0.2) is 0 Å². The summed E-state index contributed by atoms with van der Waals surface area (Å²) in [5.74, 6) is -0.212. The van der Waals surface area contributed by atoms with Crippen LogP contribution in [0.15, 0.2) is 15.9 Å². The fourth-order valence-electron chi connectivity index (χ4n) is 1.20. The second-order valence-corrected chi connectivity index (χ2v) is 5.15. The number of nitrogens with one attached hydrogen (secondary N) is 1. The van der Waals surface area contributed by atoms with Crippen molar-refractivity contribution in [2.24, 2.45) is 5.73 Å². The lowest BCUT2D eigenvalue weighted by molar-refractivity contribution is -0.118. The van der Waals surface area contributed by atoms with Gasteiger partial charge in [-0.1, -0.05) is 0 Å². The molecule has 0 spiro atoms. The first-order valence-electron chi connectivity index (χ1n) is 4.91. The number of hydrogen-bond acceptors (Lipinski definition) is 3. The van der Waals surface area contributed by atoms with Crippen molar-refractivity contribution < 1.29 is 4.79 Å². The topological polar surface area (TPSA) is 55.1 Å². The SMILES string of the molecule is NC(=O)CCCCNCc1sccc1Br. The summed E-state index contributed by atoms with van der Waals surface area (Å²) >= 11 is 5.21. The molecular formula is C10H15BrN2OS. The van der Waals surface area contributed by atoms with Gasteiger partial charge in [0.05, 0.1) is 0 Å². The lowest BCUT2D eigenvalue weighted by Crippen LogP contribution is -2.15. The van der Waals surface area contributed by atoms with Crippen LogP contribution in [0.1, 0.15) is 24.1 Å². The van der Waals surface area contributed by atoms with Gasteiger partial charge in [0.2, 0.25) is 5.91 Å². The number of hydrogen-bond donors (Lipinski definition) is 2. The van der Waals surface area contributed by atoms with Crippen molar-refractivity contribution in [2.75, 3.05) is 6.54 Å². The van der Waals surface area contributed by atoms with Gasteiger partial charge in [0.25, 0.3) is 0 Å². The van der Waals surface area contributed by atoms with Gasteiger partial charge in [-0.05, 0) is 46.8 Å². The van der Waals surface area contributed by atoms with E-state index in [1.54, 1.807) is 11.3 Å². The first-order valence-corrected chi connectivity index (χ1v) is 6.58. The molecule has 0 saturated heterocycles. The van der Waals surface area contributed by atoms with E-state index in [-0.39, 0.29) is 5.91 Å². The van der Waals surface area contributed by atoms with Crippen molar-refractivity contribution in [1.29, 1.82) is 0 Å². The van der Waals surface area contributed by atoms with E-state index in [0.29, 0.717) is 6.42 Å². The Bertz CT molecular complexity index is 314. The van der Waals surface area contributed by atoms with E-state index in [9.17, 15) is 4.79 Å². The van der Waals surface area contributed by atoms with Gasteiger partial charge in [-0.15, -0.1) is 11.3 Å². The molecule has 1 rings (SSSR count). The number of unbranched alkanes of at least 4 members (excludes halogenated alkanes) is 1. The molecular weight excluding hydrogens is 276 g/mol. The van der Waals surface area contributed by atoms with Crippen molar-refractivity contribution in [1.82, 2.24) is 5.32 Å². The number of nitrogens with two attached hydrogens (primary N) is 1. The maximum Gasteiger partial charge on any atom is 0.217 e. The van der Waals surface area contributed by atoms with Crippen LogP contribution in [0.3, 0.4) is 0 Å². The van der Waals surface area contributed by atoms with Crippen LogP contribution >= 0.6 is 27.3 Å². The first kappa shape index (κ1) is 12.7. The van der Waals surface area contributed by atoms with E-state index in [1.165, 1.54) is 4.88 Å². The van der Waals surface area contributed by atoms with Crippen LogP contribution in [0.4, 0.5) is 0 Å². The lowest BCUT2D eigenvalue weighted by atomic mass is 10.2. The van der Waals surface area contributed by atoms with E-state index >= 15 is 0 Å². The number of halogens is 1. The zero-order valence-electron chi connectivity index (χ0n) is 8.46. The van der Waals surface area contributed by atoms with Crippen molar-refractivity contribution in [3.05, 3.63) is 20.8 Å². The van der Waals surface area contributed by atoms with Gasteiger partial charge in [0.1, 0.15) is 0 Å². The Labute approximate surface area is 102 Å². The smallest absolute Gasteiger partial charge is 0.217 e. The predicted molar refractivity (Wildman–Crippen MR) is 66.8 cm³/mol. The van der Waals surface area contributed by atoms with Gasteiger partial charge < -0.3 is 11.1 Å². The van der Waals surface area contributed by atoms with E-state index in [4.69, 9.17) is 5.73 Å². The number of rotatable bonds is 7. The van der Waals surface area contributed by atoms with Crippen LogP contribution in [0, 0.1) is 0 Å². The second kappa shape index (κ2) is 6.98. The molecule has 0 unspecified atom stereocenters. The third-order valence-corrected chi connectivity index (χ3v) is 3.93. The summed E-state index contributed by atoms with van der Waals surface area (Å²) in [6, 6.07) is 2.05. The molecule has 0 aliphatic rings. The van der Waals surface area contributed by atoms with Crippen LogP contribution in [-0.4, -0.2) is 12.5 Å². The molecule has 0 fully saturated rings. The maximum atomic E-state index is 10.5. The highest BCUT2D eigenvalue weighted by Crippen LogP contribution is 2.21. The fourth-order valence-corrected chi connectivity index (χ4v) is 2.66. The van der Waals surface area contributed by atoms with Crippen LogP contribution in [0.5, 0.6) is 0 Å². The van der Waals surface area contributed by atoms with Crippen molar-refractivity contribution in [2.45, 2.75) is 25.8 Å². The molecule has 1 aromatic rings. The third-order valence-electron chi connectivity index (χ3n) is 2.00. The summed E-state index contributed by atoms with van der Waals surface area (Å²) in [6.45, 7) is 1.81. The third kappa shape index (κ3) is 5.30. The largest absolute Gasteiger partial charge is 0.370 e. The van der Waals surface area contributed by atoms with Crippen LogP contribution in [-0.2, 0) is 11.3 Å². The molecule has 1 heterocycles. The number of amides is 1. The Morgan fingerprint density at radius 1 is 1.53 bits per heavy atom. The summed E-state index contributed by atoms with van der Waals surface area (Å²) in [6.07, 6.45) is 2.35. The molecule has 5 heteroatoms. The van der Waals surface area contributed by atoms with Crippen LogP contribution < -0.4 is 11.1 Å². The Morgan fingerprint density at radius 3 is 2.93 bits per heavy atom. The molecule has 0 aliphatic carbocycles. The summed E-state index contributed by atoms with van der Waals surface area (Å²) in [5.41, 5.74) is 5.04. The molecule has 0 bridgehead atoms. The van der Waals surface area contributed by atoms with Gasteiger partial charge in [-0.2, -0.15) is 0 Å². The van der Waals surface area contributed by atoms with Crippen LogP contribution in [0.25, 0.3) is 0 Å². The average Bonchev–Trinajstić information content (AvgIpc) is 2.57. The summed E-state index contributed by atoms with van der Waals surface area (Å²) in [5, 5.41) is 5.39. The minimum atomic E-state index is -0.212. The molecule has 1 aromatic heterocycles. The molecule has 0 aliphatic heterocycles. The molecule has 0 radical (unpaired) electrons. The minimum Gasteiger partial charge on any atom is -0.370 e. The highest BCUT2D eigenvalue weighted by atomic mass is 79.9. The molecule has 84 valence electrons. The normalized spacial score (nSPS) is 10.5. The van der Waals surface area contributed by atoms with E-state index in [1.807, 2.05) is 0 Å². The standard InChI is InChI=1S/C10H15BrN2OS/c11-8-4-6-15-9(8)7-13-5-2-1-3-10(12)14/h4,6,13H,1-3,5,7H2,(H2,12,14). The zero-order valence-corrected chi connectivity index (χ0v) is 10.9. The highest BCUT2D eigenvalue weighted by molar-refractivity contribution is 9.10. The van der Waals surface area contributed by atoms with E-state index in [0.717, 1.165) is 30.4 Å². The summed E-state index contributed by atoms with van der Waals surface area (Å²) < 4.78 is 1.16. The molecule has 1 amide bonds. The minimum absolute atomic E-state index is 0.212. The van der Waals surface area contributed by atoms with Gasteiger partial charge >= 0.3 is 0 Å². The van der Waals surface area contributed by atoms with Gasteiger partial charge in [0, 0.05) is 22.3 Å². The van der Waals surface area contributed by atoms with E-state index in [2.05, 4.69) is 32.7 Å². The average molecular weight is 291 g/mol. The molecule has 0 atom stereocenters. The maximum absolute atomic E-state index is 10.5. The fraction of sp³-hybridized carbons (Fsp3) is 0.500. The number of carbonyl (C=O) groups excluding carboxylic acids is 1. The summed E-state index contributed by atoms with van der Waals surface area (Å²) in [4.78, 5) is 11.8. The Morgan fingerprint density at radius 2 is 2.33 bits per heavy atom. The zero-order chi connectivity index (χ0) is 11.1. The monoisotopic (exact) mass is 290 g/mol. The van der Waals surface area contributed by atoms with Gasteiger partial charge in [-0.3, -0.25) is 4.79 Å². The molecule has 0 saturated carbocycles. The molecule has 0 aromatic carbocycles. The Balaban J connectivity index is 2.03. The highest BCUT2D eigenvalue weighted by Gasteiger charge is 2.00. The second-order valence-electron chi connectivity index (χ2n) is 3.29. The van der Waals surface area contributed by atoms with Gasteiger partial charge in [-0.25, -0.2) is 0 Å². The van der Waals surface area contributed by atoms with E-state index < -0.39 is 0 Å². The van der Waals surface area contributed by atoms with Crippen molar-refractivity contribution >= 4 is 33.2 Å². The predicted octanol–water partition coefficient (Wildman–Crippen LogP) is 2.26. The lowest BCUT2D eigenvalue weighted by Gasteiger charge is -2.02. The number of carbonyl (C=O) groups is 1. The summed E-state index contributed by atoms with van der Waals surface area (Å²) in [7, 11) is 0. The van der Waals surface area contributed by atoms with Crippen molar-refractivity contribution in [3.63, 3.8) is 0 Å². The number of primary amides is 1. The Kier molecular flexibility index (Phi) is 5.90.